The molecule has 33 heavy (non-hydrogen) atoms. The molecule has 1 aliphatic rings. The molecule has 0 spiro atoms. The molecule has 1 aliphatic heterocycles. The van der Waals surface area contributed by atoms with E-state index < -0.39 is 42.0 Å². The van der Waals surface area contributed by atoms with E-state index in [0.29, 0.717) is 16.4 Å². The van der Waals surface area contributed by atoms with Gasteiger partial charge in [0.25, 0.3) is 5.91 Å². The third-order valence-electron chi connectivity index (χ3n) is 4.92. The van der Waals surface area contributed by atoms with Gasteiger partial charge in [0.2, 0.25) is 5.91 Å². The summed E-state index contributed by atoms with van der Waals surface area (Å²) in [7, 11) is 2.86. The van der Waals surface area contributed by atoms with E-state index in [1.807, 2.05) is 0 Å². The van der Waals surface area contributed by atoms with Gasteiger partial charge in [0, 0.05) is 6.07 Å². The number of imide groups is 1. The normalized spacial score (nSPS) is 18.1. The zero-order chi connectivity index (χ0) is 24.4. The summed E-state index contributed by atoms with van der Waals surface area (Å²) < 4.78 is 51.2. The number of benzene rings is 2. The second-order valence-electron chi connectivity index (χ2n) is 7.13. The van der Waals surface area contributed by atoms with E-state index >= 15 is 0 Å². The lowest BCUT2D eigenvalue weighted by molar-refractivity contribution is -0.274. The first kappa shape index (κ1) is 23.7. The molecule has 2 aromatic carbocycles. The molecule has 0 aliphatic carbocycles. The van der Waals surface area contributed by atoms with Crippen molar-refractivity contribution in [3.05, 3.63) is 48.0 Å². The van der Waals surface area contributed by atoms with Crippen molar-refractivity contribution >= 4 is 23.5 Å². The zero-order valence-corrected chi connectivity index (χ0v) is 17.8. The molecular formula is C21H20F3N3O6. The highest BCUT2D eigenvalue weighted by Gasteiger charge is 2.49. The van der Waals surface area contributed by atoms with Crippen LogP contribution in [0.3, 0.4) is 0 Å². The van der Waals surface area contributed by atoms with E-state index in [1.54, 1.807) is 12.1 Å². The predicted molar refractivity (Wildman–Crippen MR) is 109 cm³/mol. The van der Waals surface area contributed by atoms with Gasteiger partial charge >= 0.3 is 12.4 Å². The van der Waals surface area contributed by atoms with Gasteiger partial charge in [-0.25, -0.2) is 4.79 Å². The summed E-state index contributed by atoms with van der Waals surface area (Å²) in [6.07, 6.45) is -4.86. The first-order valence-corrected chi connectivity index (χ1v) is 9.49. The number of alkyl halides is 3. The van der Waals surface area contributed by atoms with Crippen molar-refractivity contribution in [2.24, 2.45) is 0 Å². The molecule has 1 heterocycles. The molecule has 9 nitrogen and oxygen atoms in total. The average molecular weight is 467 g/mol. The third-order valence-corrected chi connectivity index (χ3v) is 4.92. The summed E-state index contributed by atoms with van der Waals surface area (Å²) in [4.78, 5) is 38.7. The number of halogens is 3. The van der Waals surface area contributed by atoms with Gasteiger partial charge < -0.3 is 24.8 Å². The van der Waals surface area contributed by atoms with E-state index in [4.69, 9.17) is 9.47 Å². The van der Waals surface area contributed by atoms with Gasteiger partial charge in [-0.2, -0.15) is 0 Å². The quantitative estimate of drug-likeness (QED) is 0.607. The van der Waals surface area contributed by atoms with Gasteiger partial charge in [0.15, 0.2) is 0 Å². The lowest BCUT2D eigenvalue weighted by Crippen LogP contribution is -2.42. The standard InChI is InChI=1S/C21H20F3N3O6/c1-20(12-4-6-13(7-5-12)33-21(22,23)24)18(29)27(19(30)26-20)11-17(28)25-15-10-14(31-2)8-9-16(15)32-3/h4-10H,11H2,1-3H3,(H,25,28)(H,26,30). The topological polar surface area (TPSA) is 106 Å². The van der Waals surface area contributed by atoms with Crippen LogP contribution in [-0.4, -0.2) is 49.9 Å². The van der Waals surface area contributed by atoms with Gasteiger partial charge in [-0.05, 0) is 36.8 Å². The number of urea groups is 1. The van der Waals surface area contributed by atoms with Crippen molar-refractivity contribution in [2.75, 3.05) is 26.1 Å². The molecular weight excluding hydrogens is 447 g/mol. The fraction of sp³-hybridized carbons (Fsp3) is 0.286. The number of amides is 4. The molecule has 1 fully saturated rings. The molecule has 176 valence electrons. The van der Waals surface area contributed by atoms with Crippen LogP contribution in [0.4, 0.5) is 23.7 Å². The monoisotopic (exact) mass is 467 g/mol. The number of carbonyl (C=O) groups excluding carboxylic acids is 3. The highest BCUT2D eigenvalue weighted by molar-refractivity contribution is 6.10. The van der Waals surface area contributed by atoms with Crippen LogP contribution < -0.4 is 24.8 Å². The van der Waals surface area contributed by atoms with Gasteiger partial charge in [-0.1, -0.05) is 12.1 Å². The fourth-order valence-electron chi connectivity index (χ4n) is 3.27. The number of hydrogen-bond donors (Lipinski definition) is 2. The van der Waals surface area contributed by atoms with E-state index in [2.05, 4.69) is 15.4 Å². The Morgan fingerprint density at radius 2 is 1.70 bits per heavy atom. The molecule has 2 aromatic rings. The van der Waals surface area contributed by atoms with Crippen molar-refractivity contribution in [3.63, 3.8) is 0 Å². The summed E-state index contributed by atoms with van der Waals surface area (Å²) in [5.41, 5.74) is -1.09. The molecule has 0 saturated carbocycles. The molecule has 0 aromatic heterocycles. The molecule has 1 atom stereocenters. The minimum Gasteiger partial charge on any atom is -0.497 e. The Kier molecular flexibility index (Phi) is 6.38. The van der Waals surface area contributed by atoms with E-state index in [-0.39, 0.29) is 11.3 Å². The zero-order valence-electron chi connectivity index (χ0n) is 17.8. The van der Waals surface area contributed by atoms with E-state index in [1.165, 1.54) is 39.3 Å². The lowest BCUT2D eigenvalue weighted by atomic mass is 9.92. The van der Waals surface area contributed by atoms with Crippen LogP contribution in [0, 0.1) is 0 Å². The van der Waals surface area contributed by atoms with Crippen LogP contribution in [0.5, 0.6) is 17.2 Å². The Morgan fingerprint density at radius 3 is 2.27 bits per heavy atom. The van der Waals surface area contributed by atoms with Crippen LogP contribution in [0.1, 0.15) is 12.5 Å². The van der Waals surface area contributed by atoms with Gasteiger partial charge in [-0.15, -0.1) is 13.2 Å². The second kappa shape index (κ2) is 8.88. The molecule has 12 heteroatoms. The minimum absolute atomic E-state index is 0.216. The summed E-state index contributed by atoms with van der Waals surface area (Å²) in [6, 6.07) is 8.39. The summed E-state index contributed by atoms with van der Waals surface area (Å²) in [5.74, 6) is -1.11. The molecule has 4 amide bonds. The molecule has 2 N–H and O–H groups in total. The van der Waals surface area contributed by atoms with Crippen molar-refractivity contribution in [2.45, 2.75) is 18.8 Å². The third kappa shape index (κ3) is 5.10. The summed E-state index contributed by atoms with van der Waals surface area (Å²) >= 11 is 0. The highest BCUT2D eigenvalue weighted by atomic mass is 19.4. The second-order valence-corrected chi connectivity index (χ2v) is 7.13. The summed E-state index contributed by atoms with van der Waals surface area (Å²) in [6.45, 7) is 0.783. The maximum Gasteiger partial charge on any atom is 0.573 e. The van der Waals surface area contributed by atoms with Crippen LogP contribution in [0.25, 0.3) is 0 Å². The van der Waals surface area contributed by atoms with Gasteiger partial charge in [-0.3, -0.25) is 14.5 Å². The lowest BCUT2D eigenvalue weighted by Gasteiger charge is -2.22. The van der Waals surface area contributed by atoms with Crippen LogP contribution in [0.2, 0.25) is 0 Å². The number of rotatable bonds is 7. The number of anilines is 1. The van der Waals surface area contributed by atoms with Crippen molar-refractivity contribution < 1.29 is 41.8 Å². The number of nitrogens with one attached hydrogen (secondary N) is 2. The fourth-order valence-corrected chi connectivity index (χ4v) is 3.27. The van der Waals surface area contributed by atoms with Crippen molar-refractivity contribution in [1.29, 1.82) is 0 Å². The van der Waals surface area contributed by atoms with Crippen LogP contribution in [0.15, 0.2) is 42.5 Å². The molecule has 0 radical (unpaired) electrons. The van der Waals surface area contributed by atoms with Crippen LogP contribution in [-0.2, 0) is 15.1 Å². The number of nitrogens with zero attached hydrogens (tertiary/aromatic N) is 1. The Morgan fingerprint density at radius 1 is 1.06 bits per heavy atom. The number of ether oxygens (including phenoxy) is 3. The molecule has 1 unspecified atom stereocenters. The smallest absolute Gasteiger partial charge is 0.497 e. The maximum absolute atomic E-state index is 13.0. The van der Waals surface area contributed by atoms with Crippen molar-refractivity contribution in [3.8, 4) is 17.2 Å². The number of methoxy groups -OCH3 is 2. The molecule has 0 bridgehead atoms. The van der Waals surface area contributed by atoms with Crippen molar-refractivity contribution in [1.82, 2.24) is 10.2 Å². The van der Waals surface area contributed by atoms with Gasteiger partial charge in [0.1, 0.15) is 29.3 Å². The average Bonchev–Trinajstić information content (AvgIpc) is 2.96. The highest BCUT2D eigenvalue weighted by Crippen LogP contribution is 2.32. The van der Waals surface area contributed by atoms with E-state index in [0.717, 1.165) is 12.1 Å². The van der Waals surface area contributed by atoms with Gasteiger partial charge in [0.05, 0.1) is 19.9 Å². The largest absolute Gasteiger partial charge is 0.573 e. The molecule has 1 saturated heterocycles. The SMILES string of the molecule is COc1ccc(OC)c(NC(=O)CN2C(=O)NC(C)(c3ccc(OC(F)(F)F)cc3)C2=O)c1. The van der Waals surface area contributed by atoms with E-state index in [9.17, 15) is 27.6 Å². The maximum atomic E-state index is 13.0. The Hall–Kier alpha value is -3.96. The predicted octanol–water partition coefficient (Wildman–Crippen LogP) is 3.01. The molecule has 3 rings (SSSR count). The number of hydrogen-bond acceptors (Lipinski definition) is 6. The Labute approximate surface area is 186 Å². The first-order chi connectivity index (χ1) is 15.5. The minimum atomic E-state index is -4.86. The Bertz CT molecular complexity index is 1070. The first-order valence-electron chi connectivity index (χ1n) is 9.49. The summed E-state index contributed by atoms with van der Waals surface area (Å²) in [5, 5.41) is 5.03. The Balaban J connectivity index is 1.74. The van der Waals surface area contributed by atoms with Crippen LogP contribution >= 0.6 is 0 Å². The number of carbonyl (C=O) groups is 3.